The Morgan fingerprint density at radius 3 is 2.50 bits per heavy atom. The SMILES string of the molecule is Cc1ncc(CN(CC2CCN(C3Cc4ccccc4C3)CC2)CC2CCCO2)[nH]1. The van der Waals surface area contributed by atoms with Crippen LogP contribution in [0, 0.1) is 12.8 Å². The van der Waals surface area contributed by atoms with Gasteiger partial charge in [0.2, 0.25) is 0 Å². The average Bonchev–Trinajstić information content (AvgIpc) is 3.50. The van der Waals surface area contributed by atoms with Gasteiger partial charge < -0.3 is 9.72 Å². The molecule has 0 spiro atoms. The highest BCUT2D eigenvalue weighted by molar-refractivity contribution is 5.33. The molecule has 3 aliphatic rings. The predicted octanol–water partition coefficient (Wildman–Crippen LogP) is 3.58. The number of piperidine rings is 1. The summed E-state index contributed by atoms with van der Waals surface area (Å²) in [5.74, 6) is 1.79. The molecule has 1 aliphatic carbocycles. The van der Waals surface area contributed by atoms with E-state index in [1.54, 1.807) is 11.1 Å². The van der Waals surface area contributed by atoms with Crippen molar-refractivity contribution in [2.75, 3.05) is 32.8 Å². The Balaban J connectivity index is 1.15. The van der Waals surface area contributed by atoms with Crippen molar-refractivity contribution in [3.8, 4) is 0 Å². The van der Waals surface area contributed by atoms with Crippen LogP contribution in [0.2, 0.25) is 0 Å². The van der Waals surface area contributed by atoms with Gasteiger partial charge in [-0.2, -0.15) is 0 Å². The van der Waals surface area contributed by atoms with Crippen LogP contribution in [-0.4, -0.2) is 64.7 Å². The summed E-state index contributed by atoms with van der Waals surface area (Å²) < 4.78 is 5.96. The second-order valence-electron chi connectivity index (χ2n) is 9.63. The van der Waals surface area contributed by atoms with E-state index in [0.29, 0.717) is 6.10 Å². The lowest BCUT2D eigenvalue weighted by Gasteiger charge is -2.38. The molecule has 3 heterocycles. The molecule has 1 aromatic carbocycles. The van der Waals surface area contributed by atoms with Crippen LogP contribution < -0.4 is 0 Å². The molecule has 162 valence electrons. The van der Waals surface area contributed by atoms with Crippen LogP contribution in [0.25, 0.3) is 0 Å². The Labute approximate surface area is 180 Å². The molecule has 30 heavy (non-hydrogen) atoms. The molecule has 0 radical (unpaired) electrons. The Morgan fingerprint density at radius 1 is 1.10 bits per heavy atom. The summed E-state index contributed by atoms with van der Waals surface area (Å²) >= 11 is 0. The molecule has 1 aromatic heterocycles. The summed E-state index contributed by atoms with van der Waals surface area (Å²) in [6.45, 7) is 8.65. The molecule has 1 atom stereocenters. The smallest absolute Gasteiger partial charge is 0.103 e. The Hall–Kier alpha value is -1.69. The van der Waals surface area contributed by atoms with E-state index >= 15 is 0 Å². The molecule has 5 heteroatoms. The maximum absolute atomic E-state index is 5.96. The summed E-state index contributed by atoms with van der Waals surface area (Å²) in [6, 6.07) is 9.75. The second kappa shape index (κ2) is 9.21. The van der Waals surface area contributed by atoms with Gasteiger partial charge in [0, 0.05) is 44.2 Å². The van der Waals surface area contributed by atoms with E-state index in [-0.39, 0.29) is 0 Å². The van der Waals surface area contributed by atoms with Gasteiger partial charge in [0.25, 0.3) is 0 Å². The summed E-state index contributed by atoms with van der Waals surface area (Å²) in [7, 11) is 0. The standard InChI is InChI=1S/C25H36N4O/c1-19-26-15-23(27-19)17-28(18-25-7-4-12-30-25)16-20-8-10-29(11-9-20)24-13-21-5-2-3-6-22(21)14-24/h2-3,5-6,15,20,24-25H,4,7-14,16-18H2,1H3,(H,26,27). The van der Waals surface area contributed by atoms with Gasteiger partial charge in [-0.3, -0.25) is 9.80 Å². The number of imidazole rings is 1. The fourth-order valence-electron chi connectivity index (χ4n) is 5.73. The zero-order valence-electron chi connectivity index (χ0n) is 18.4. The number of rotatable bonds is 7. The van der Waals surface area contributed by atoms with Gasteiger partial charge in [-0.1, -0.05) is 24.3 Å². The van der Waals surface area contributed by atoms with Gasteiger partial charge in [0.1, 0.15) is 5.82 Å². The topological polar surface area (TPSA) is 44.4 Å². The third kappa shape index (κ3) is 4.79. The van der Waals surface area contributed by atoms with Crippen molar-refractivity contribution >= 4 is 0 Å². The summed E-state index contributed by atoms with van der Waals surface area (Å²) in [5.41, 5.74) is 4.37. The first-order valence-electron chi connectivity index (χ1n) is 11.9. The number of ether oxygens (including phenoxy) is 1. The number of nitrogens with one attached hydrogen (secondary N) is 1. The van der Waals surface area contributed by atoms with Gasteiger partial charge >= 0.3 is 0 Å². The molecular formula is C25H36N4O. The number of hydrogen-bond acceptors (Lipinski definition) is 4. The largest absolute Gasteiger partial charge is 0.377 e. The van der Waals surface area contributed by atoms with E-state index in [1.165, 1.54) is 63.9 Å². The van der Waals surface area contributed by atoms with Crippen molar-refractivity contribution in [3.63, 3.8) is 0 Å². The molecule has 0 bridgehead atoms. The van der Waals surface area contributed by atoms with E-state index in [9.17, 15) is 0 Å². The first-order valence-corrected chi connectivity index (χ1v) is 11.9. The minimum absolute atomic E-state index is 0.408. The van der Waals surface area contributed by atoms with E-state index in [0.717, 1.165) is 37.5 Å². The Morgan fingerprint density at radius 2 is 1.87 bits per heavy atom. The van der Waals surface area contributed by atoms with Gasteiger partial charge in [-0.15, -0.1) is 0 Å². The highest BCUT2D eigenvalue weighted by Gasteiger charge is 2.31. The van der Waals surface area contributed by atoms with Crippen LogP contribution in [0.4, 0.5) is 0 Å². The number of aromatic amines is 1. The third-order valence-electron chi connectivity index (χ3n) is 7.35. The molecule has 2 aromatic rings. The van der Waals surface area contributed by atoms with Crippen molar-refractivity contribution in [1.82, 2.24) is 19.8 Å². The number of nitrogens with zero attached hydrogens (tertiary/aromatic N) is 3. The first-order chi connectivity index (χ1) is 14.7. The summed E-state index contributed by atoms with van der Waals surface area (Å²) in [4.78, 5) is 13.2. The number of aromatic nitrogens is 2. The fraction of sp³-hybridized carbons (Fsp3) is 0.640. The number of fused-ring (bicyclic) bond motifs is 1. The fourth-order valence-corrected chi connectivity index (χ4v) is 5.73. The molecule has 5 nitrogen and oxygen atoms in total. The minimum atomic E-state index is 0.408. The Kier molecular flexibility index (Phi) is 6.21. The molecule has 1 unspecified atom stereocenters. The monoisotopic (exact) mass is 408 g/mol. The third-order valence-corrected chi connectivity index (χ3v) is 7.35. The lowest BCUT2D eigenvalue weighted by molar-refractivity contribution is 0.0537. The predicted molar refractivity (Wildman–Crippen MR) is 120 cm³/mol. The molecule has 1 N–H and O–H groups in total. The zero-order valence-corrected chi connectivity index (χ0v) is 18.4. The summed E-state index contributed by atoms with van der Waals surface area (Å²) in [5, 5.41) is 0. The maximum Gasteiger partial charge on any atom is 0.103 e. The number of benzene rings is 1. The van der Waals surface area contributed by atoms with E-state index in [2.05, 4.69) is 44.0 Å². The van der Waals surface area contributed by atoms with Crippen LogP contribution in [0.15, 0.2) is 30.5 Å². The first kappa shape index (κ1) is 20.2. The quantitative estimate of drug-likeness (QED) is 0.761. The molecule has 2 aliphatic heterocycles. The number of hydrogen-bond donors (Lipinski definition) is 1. The van der Waals surface area contributed by atoms with Gasteiger partial charge in [0.05, 0.1) is 6.10 Å². The van der Waals surface area contributed by atoms with Crippen LogP contribution in [0.3, 0.4) is 0 Å². The van der Waals surface area contributed by atoms with Crippen molar-refractivity contribution in [2.45, 2.75) is 64.1 Å². The Bertz CT molecular complexity index is 795. The zero-order chi connectivity index (χ0) is 20.3. The van der Waals surface area contributed by atoms with Crippen LogP contribution >= 0.6 is 0 Å². The second-order valence-corrected chi connectivity index (χ2v) is 9.63. The molecule has 0 saturated carbocycles. The maximum atomic E-state index is 5.96. The van der Waals surface area contributed by atoms with Gasteiger partial charge in [0.15, 0.2) is 0 Å². The van der Waals surface area contributed by atoms with E-state index < -0.39 is 0 Å². The number of likely N-dealkylation sites (tertiary alicyclic amines) is 1. The lowest BCUT2D eigenvalue weighted by Crippen LogP contribution is -2.44. The van der Waals surface area contributed by atoms with Gasteiger partial charge in [-0.05, 0) is 75.6 Å². The van der Waals surface area contributed by atoms with E-state index in [4.69, 9.17) is 4.74 Å². The molecule has 2 saturated heterocycles. The van der Waals surface area contributed by atoms with Crippen LogP contribution in [0.1, 0.15) is 48.3 Å². The van der Waals surface area contributed by atoms with Crippen molar-refractivity contribution in [2.24, 2.45) is 5.92 Å². The molecule has 5 rings (SSSR count). The van der Waals surface area contributed by atoms with Crippen LogP contribution in [-0.2, 0) is 24.1 Å². The van der Waals surface area contributed by atoms with Crippen molar-refractivity contribution < 1.29 is 4.74 Å². The molecular weight excluding hydrogens is 372 g/mol. The van der Waals surface area contributed by atoms with Crippen LogP contribution in [0.5, 0.6) is 0 Å². The van der Waals surface area contributed by atoms with E-state index in [1.807, 2.05) is 13.1 Å². The highest BCUT2D eigenvalue weighted by Crippen LogP contribution is 2.29. The number of H-pyrrole nitrogens is 1. The number of aryl methyl sites for hydroxylation is 1. The lowest BCUT2D eigenvalue weighted by atomic mass is 9.94. The molecule has 2 fully saturated rings. The average molecular weight is 409 g/mol. The summed E-state index contributed by atoms with van der Waals surface area (Å²) in [6.07, 6.45) is 9.94. The van der Waals surface area contributed by atoms with Crippen molar-refractivity contribution in [1.29, 1.82) is 0 Å². The minimum Gasteiger partial charge on any atom is -0.377 e. The normalized spacial score (nSPS) is 23.5. The van der Waals surface area contributed by atoms with Crippen molar-refractivity contribution in [3.05, 3.63) is 53.1 Å². The van der Waals surface area contributed by atoms with Gasteiger partial charge in [-0.25, -0.2) is 4.98 Å². The highest BCUT2D eigenvalue weighted by atomic mass is 16.5. The molecule has 0 amide bonds.